The summed E-state index contributed by atoms with van der Waals surface area (Å²) in [5.74, 6) is 0. The van der Waals surface area contributed by atoms with E-state index in [1.807, 2.05) is 0 Å². The van der Waals surface area contributed by atoms with Gasteiger partial charge in [0.15, 0.2) is 0 Å². The van der Waals surface area contributed by atoms with Crippen molar-refractivity contribution in [1.29, 1.82) is 0 Å². The summed E-state index contributed by atoms with van der Waals surface area (Å²) in [5, 5.41) is 3.56. The van der Waals surface area contributed by atoms with Crippen LogP contribution in [0, 0.1) is 0 Å². The van der Waals surface area contributed by atoms with Gasteiger partial charge < -0.3 is 10.1 Å². The van der Waals surface area contributed by atoms with E-state index in [-0.39, 0.29) is 0 Å². The molecule has 0 aliphatic carbocycles. The van der Waals surface area contributed by atoms with Gasteiger partial charge in [0.2, 0.25) is 0 Å². The third kappa shape index (κ3) is 2.19. The van der Waals surface area contributed by atoms with Crippen molar-refractivity contribution in [3.05, 3.63) is 0 Å². The van der Waals surface area contributed by atoms with Gasteiger partial charge in [0.25, 0.3) is 0 Å². The van der Waals surface area contributed by atoms with Gasteiger partial charge >= 0.3 is 0 Å². The zero-order chi connectivity index (χ0) is 10.1. The van der Waals surface area contributed by atoms with Crippen molar-refractivity contribution in [2.24, 2.45) is 0 Å². The van der Waals surface area contributed by atoms with Crippen LogP contribution in [0.2, 0.25) is 0 Å². The maximum absolute atomic E-state index is 5.89. The van der Waals surface area contributed by atoms with Crippen LogP contribution < -0.4 is 5.32 Å². The van der Waals surface area contributed by atoms with Crippen LogP contribution in [0.4, 0.5) is 0 Å². The van der Waals surface area contributed by atoms with E-state index in [0.717, 1.165) is 6.04 Å². The first-order valence-corrected chi connectivity index (χ1v) is 6.52. The molecule has 3 atom stereocenters. The van der Waals surface area contributed by atoms with E-state index in [0.29, 0.717) is 12.2 Å². The standard InChI is InChI=1S/C12H22N2O/c1-2-6-13-7-10(3-1)14-8-11-4-5-12(9-14)15-11/h10-13H,1-9H2. The Bertz CT molecular complexity index is 202. The second-order valence-corrected chi connectivity index (χ2v) is 5.27. The van der Waals surface area contributed by atoms with E-state index in [1.54, 1.807) is 0 Å². The first-order valence-electron chi connectivity index (χ1n) is 6.52. The third-order valence-corrected chi connectivity index (χ3v) is 4.11. The molecule has 3 fully saturated rings. The molecule has 0 aromatic carbocycles. The molecule has 86 valence electrons. The van der Waals surface area contributed by atoms with Crippen molar-refractivity contribution in [2.75, 3.05) is 26.2 Å². The van der Waals surface area contributed by atoms with Crippen molar-refractivity contribution in [3.63, 3.8) is 0 Å². The number of likely N-dealkylation sites (tertiary alicyclic amines) is 1. The van der Waals surface area contributed by atoms with Gasteiger partial charge in [-0.05, 0) is 32.2 Å². The van der Waals surface area contributed by atoms with E-state index >= 15 is 0 Å². The molecule has 3 saturated heterocycles. The molecule has 3 heteroatoms. The van der Waals surface area contributed by atoms with Crippen molar-refractivity contribution >= 4 is 0 Å². The summed E-state index contributed by atoms with van der Waals surface area (Å²) < 4.78 is 5.89. The molecule has 3 nitrogen and oxygen atoms in total. The minimum atomic E-state index is 0.548. The van der Waals surface area contributed by atoms with Crippen LogP contribution in [0.15, 0.2) is 0 Å². The van der Waals surface area contributed by atoms with E-state index < -0.39 is 0 Å². The van der Waals surface area contributed by atoms with Crippen molar-refractivity contribution in [3.8, 4) is 0 Å². The predicted molar refractivity (Wildman–Crippen MR) is 60.0 cm³/mol. The number of rotatable bonds is 1. The lowest BCUT2D eigenvalue weighted by Gasteiger charge is -2.37. The first-order chi connectivity index (χ1) is 7.42. The highest BCUT2D eigenvalue weighted by Crippen LogP contribution is 2.28. The normalized spacial score (nSPS) is 42.8. The molecule has 1 N–H and O–H groups in total. The van der Waals surface area contributed by atoms with Crippen LogP contribution >= 0.6 is 0 Å². The molecular weight excluding hydrogens is 188 g/mol. The largest absolute Gasteiger partial charge is 0.372 e. The van der Waals surface area contributed by atoms with E-state index in [4.69, 9.17) is 4.74 Å². The molecule has 0 amide bonds. The number of nitrogens with zero attached hydrogens (tertiary/aromatic N) is 1. The number of nitrogens with one attached hydrogen (secondary N) is 1. The van der Waals surface area contributed by atoms with Gasteiger partial charge in [-0.15, -0.1) is 0 Å². The van der Waals surface area contributed by atoms with Crippen LogP contribution in [-0.4, -0.2) is 49.3 Å². The summed E-state index contributed by atoms with van der Waals surface area (Å²) >= 11 is 0. The molecule has 0 spiro atoms. The number of ether oxygens (including phenoxy) is 1. The zero-order valence-electron chi connectivity index (χ0n) is 9.45. The zero-order valence-corrected chi connectivity index (χ0v) is 9.45. The molecule has 0 radical (unpaired) electrons. The highest BCUT2D eigenvalue weighted by molar-refractivity contribution is 4.89. The summed E-state index contributed by atoms with van der Waals surface area (Å²) in [6.45, 7) is 4.78. The van der Waals surface area contributed by atoms with E-state index in [2.05, 4.69) is 10.2 Å². The molecule has 15 heavy (non-hydrogen) atoms. The second kappa shape index (κ2) is 4.40. The number of hydrogen-bond acceptors (Lipinski definition) is 3. The van der Waals surface area contributed by atoms with Gasteiger partial charge in [0, 0.05) is 25.7 Å². The second-order valence-electron chi connectivity index (χ2n) is 5.27. The van der Waals surface area contributed by atoms with Gasteiger partial charge in [0.05, 0.1) is 12.2 Å². The number of morpholine rings is 1. The van der Waals surface area contributed by atoms with Crippen molar-refractivity contribution in [2.45, 2.75) is 50.4 Å². The molecule has 3 heterocycles. The topological polar surface area (TPSA) is 24.5 Å². The highest BCUT2D eigenvalue weighted by atomic mass is 16.5. The van der Waals surface area contributed by atoms with Gasteiger partial charge in [0.1, 0.15) is 0 Å². The van der Waals surface area contributed by atoms with Gasteiger partial charge in [-0.3, -0.25) is 4.90 Å². The Labute approximate surface area is 92.2 Å². The Hall–Kier alpha value is -0.120. The molecule has 2 bridgehead atoms. The summed E-state index contributed by atoms with van der Waals surface area (Å²) in [6.07, 6.45) is 7.81. The molecule has 0 aromatic rings. The molecule has 3 aliphatic rings. The molecule has 3 rings (SSSR count). The Balaban J connectivity index is 1.61. The molecule has 3 unspecified atom stereocenters. The first kappa shape index (κ1) is 10.1. The van der Waals surface area contributed by atoms with Crippen LogP contribution in [0.25, 0.3) is 0 Å². The minimum absolute atomic E-state index is 0.548. The molecular formula is C12H22N2O. The van der Waals surface area contributed by atoms with Crippen LogP contribution in [0.5, 0.6) is 0 Å². The SMILES string of the molecule is C1CCC(N2CC3CCC(C2)O3)CNC1. The number of fused-ring (bicyclic) bond motifs is 2. The molecule has 3 aliphatic heterocycles. The summed E-state index contributed by atoms with van der Waals surface area (Å²) in [7, 11) is 0. The third-order valence-electron chi connectivity index (χ3n) is 4.11. The Morgan fingerprint density at radius 1 is 1.00 bits per heavy atom. The Morgan fingerprint density at radius 3 is 2.60 bits per heavy atom. The van der Waals surface area contributed by atoms with Gasteiger partial charge in [-0.25, -0.2) is 0 Å². The van der Waals surface area contributed by atoms with E-state index in [1.165, 1.54) is 58.3 Å². The summed E-state index contributed by atoms with van der Waals surface area (Å²) in [6, 6.07) is 0.777. The number of hydrogen-bond donors (Lipinski definition) is 1. The van der Waals surface area contributed by atoms with E-state index in [9.17, 15) is 0 Å². The van der Waals surface area contributed by atoms with Crippen molar-refractivity contribution in [1.82, 2.24) is 10.2 Å². The maximum atomic E-state index is 5.89. The van der Waals surface area contributed by atoms with Crippen LogP contribution in [-0.2, 0) is 4.74 Å². The van der Waals surface area contributed by atoms with Crippen LogP contribution in [0.3, 0.4) is 0 Å². The molecule has 0 aromatic heterocycles. The monoisotopic (exact) mass is 210 g/mol. The smallest absolute Gasteiger partial charge is 0.0707 e. The van der Waals surface area contributed by atoms with Gasteiger partial charge in [-0.2, -0.15) is 0 Å². The fraction of sp³-hybridized carbons (Fsp3) is 1.00. The molecule has 0 saturated carbocycles. The quantitative estimate of drug-likeness (QED) is 0.698. The Kier molecular flexibility index (Phi) is 2.95. The average molecular weight is 210 g/mol. The summed E-state index contributed by atoms with van der Waals surface area (Å²) in [5.41, 5.74) is 0. The van der Waals surface area contributed by atoms with Gasteiger partial charge in [-0.1, -0.05) is 6.42 Å². The maximum Gasteiger partial charge on any atom is 0.0707 e. The predicted octanol–water partition coefficient (Wildman–Crippen LogP) is 0.992. The lowest BCUT2D eigenvalue weighted by Crippen LogP contribution is -2.50. The lowest BCUT2D eigenvalue weighted by atomic mass is 10.1. The minimum Gasteiger partial charge on any atom is -0.372 e. The Morgan fingerprint density at radius 2 is 1.80 bits per heavy atom. The fourth-order valence-electron chi connectivity index (χ4n) is 3.26. The summed E-state index contributed by atoms with van der Waals surface area (Å²) in [4.78, 5) is 2.68. The van der Waals surface area contributed by atoms with Crippen molar-refractivity contribution < 1.29 is 4.74 Å². The fourth-order valence-corrected chi connectivity index (χ4v) is 3.26. The average Bonchev–Trinajstić information content (AvgIpc) is 2.51. The highest BCUT2D eigenvalue weighted by Gasteiger charge is 2.36. The van der Waals surface area contributed by atoms with Crippen LogP contribution in [0.1, 0.15) is 32.1 Å². The lowest BCUT2D eigenvalue weighted by molar-refractivity contribution is -0.0529.